The van der Waals surface area contributed by atoms with Crippen LogP contribution in [0.15, 0.2) is 53.6 Å². The number of hydrazone groups is 1. The van der Waals surface area contributed by atoms with Gasteiger partial charge in [0.05, 0.1) is 37.9 Å². The molecule has 8 heteroatoms. The summed E-state index contributed by atoms with van der Waals surface area (Å²) in [6, 6.07) is 13.4. The van der Waals surface area contributed by atoms with E-state index in [0.29, 0.717) is 30.8 Å². The Morgan fingerprint density at radius 1 is 1.15 bits per heavy atom. The van der Waals surface area contributed by atoms with Crippen LogP contribution >= 0.6 is 0 Å². The lowest BCUT2D eigenvalue weighted by molar-refractivity contribution is -0.150. The van der Waals surface area contributed by atoms with E-state index in [1.54, 1.807) is 32.2 Å². The number of carbonyl (C=O) groups is 2. The summed E-state index contributed by atoms with van der Waals surface area (Å²) >= 11 is 0. The van der Waals surface area contributed by atoms with Crippen LogP contribution in [0.25, 0.3) is 0 Å². The Balaban J connectivity index is 1.55. The van der Waals surface area contributed by atoms with Gasteiger partial charge in [-0.1, -0.05) is 18.2 Å². The zero-order valence-electron chi connectivity index (χ0n) is 19.6. The van der Waals surface area contributed by atoms with Crippen molar-refractivity contribution in [2.24, 2.45) is 11.0 Å². The number of methoxy groups -OCH3 is 1. The Morgan fingerprint density at radius 3 is 2.62 bits per heavy atom. The van der Waals surface area contributed by atoms with Crippen LogP contribution in [0.5, 0.6) is 5.75 Å². The summed E-state index contributed by atoms with van der Waals surface area (Å²) in [5.41, 5.74) is 2.01. The van der Waals surface area contributed by atoms with Crippen LogP contribution in [0.3, 0.4) is 0 Å². The third kappa shape index (κ3) is 5.28. The molecule has 180 valence electrons. The maximum absolute atomic E-state index is 14.7. The van der Waals surface area contributed by atoms with Crippen molar-refractivity contribution in [2.45, 2.75) is 32.2 Å². The summed E-state index contributed by atoms with van der Waals surface area (Å²) in [6.45, 7) is 3.43. The molecular weight excluding hydrogens is 437 g/mol. The molecule has 2 aliphatic heterocycles. The van der Waals surface area contributed by atoms with Crippen molar-refractivity contribution in [1.82, 2.24) is 9.91 Å². The number of ether oxygens (including phenoxy) is 2. The standard InChI is InChI=1S/C26H30FN3O4/c1-3-34-26(32)19-7-6-14-29(16-19)17-25(31)30-24(21-8-4-5-9-22(21)27)15-23(28-30)18-10-12-20(33-2)13-11-18/h4-5,8-13,19,24H,3,6-7,14-17H2,1-2H3/t19-,24+/m1/s1. The molecule has 4 rings (SSSR count). The Hall–Kier alpha value is -3.26. The molecule has 1 fully saturated rings. The Labute approximate surface area is 199 Å². The number of halogens is 1. The van der Waals surface area contributed by atoms with Crippen LogP contribution in [0.2, 0.25) is 0 Å². The van der Waals surface area contributed by atoms with Crippen LogP contribution in [0.1, 0.15) is 43.4 Å². The summed E-state index contributed by atoms with van der Waals surface area (Å²) in [6.07, 6.45) is 1.98. The molecule has 2 aromatic carbocycles. The summed E-state index contributed by atoms with van der Waals surface area (Å²) in [7, 11) is 1.60. The summed E-state index contributed by atoms with van der Waals surface area (Å²) in [4.78, 5) is 27.6. The van der Waals surface area contributed by atoms with Crippen molar-refractivity contribution in [2.75, 3.05) is 33.4 Å². The minimum absolute atomic E-state index is 0.111. The molecule has 0 aromatic heterocycles. The summed E-state index contributed by atoms with van der Waals surface area (Å²) in [5.74, 6) is -0.314. The first-order valence-corrected chi connectivity index (χ1v) is 11.7. The van der Waals surface area contributed by atoms with Crippen molar-refractivity contribution in [1.29, 1.82) is 0 Å². The number of piperidine rings is 1. The molecule has 2 heterocycles. The third-order valence-electron chi connectivity index (χ3n) is 6.34. The van der Waals surface area contributed by atoms with E-state index < -0.39 is 6.04 Å². The molecule has 2 atom stereocenters. The number of likely N-dealkylation sites (tertiary alicyclic amines) is 1. The van der Waals surface area contributed by atoms with Crippen LogP contribution in [-0.2, 0) is 14.3 Å². The predicted octanol–water partition coefficient (Wildman–Crippen LogP) is 3.79. The third-order valence-corrected chi connectivity index (χ3v) is 6.34. The molecule has 34 heavy (non-hydrogen) atoms. The first kappa shape index (κ1) is 23.9. The fourth-order valence-corrected chi connectivity index (χ4v) is 4.60. The molecule has 0 radical (unpaired) electrons. The van der Waals surface area contributed by atoms with Crippen molar-refractivity contribution >= 4 is 17.6 Å². The van der Waals surface area contributed by atoms with E-state index in [0.717, 1.165) is 30.7 Å². The number of benzene rings is 2. The molecule has 0 aliphatic carbocycles. The van der Waals surface area contributed by atoms with Crippen LogP contribution < -0.4 is 4.74 Å². The van der Waals surface area contributed by atoms with Gasteiger partial charge >= 0.3 is 5.97 Å². The van der Waals surface area contributed by atoms with Gasteiger partial charge in [0.2, 0.25) is 0 Å². The highest BCUT2D eigenvalue weighted by atomic mass is 19.1. The minimum atomic E-state index is -0.531. The normalized spacial score (nSPS) is 20.7. The zero-order chi connectivity index (χ0) is 24.1. The Kier molecular flexibility index (Phi) is 7.57. The highest BCUT2D eigenvalue weighted by molar-refractivity contribution is 6.03. The first-order valence-electron chi connectivity index (χ1n) is 11.7. The van der Waals surface area contributed by atoms with Gasteiger partial charge in [0.1, 0.15) is 11.6 Å². The van der Waals surface area contributed by atoms with Gasteiger partial charge in [-0.15, -0.1) is 0 Å². The molecule has 1 saturated heterocycles. The smallest absolute Gasteiger partial charge is 0.310 e. The molecule has 7 nitrogen and oxygen atoms in total. The van der Waals surface area contributed by atoms with E-state index in [9.17, 15) is 14.0 Å². The summed E-state index contributed by atoms with van der Waals surface area (Å²) in [5, 5.41) is 6.05. The average molecular weight is 468 g/mol. The fourth-order valence-electron chi connectivity index (χ4n) is 4.60. The Morgan fingerprint density at radius 2 is 1.91 bits per heavy atom. The minimum Gasteiger partial charge on any atom is -0.497 e. The molecule has 0 unspecified atom stereocenters. The molecule has 2 aliphatic rings. The van der Waals surface area contributed by atoms with E-state index in [4.69, 9.17) is 9.47 Å². The first-order chi connectivity index (χ1) is 16.5. The number of rotatable bonds is 7. The largest absolute Gasteiger partial charge is 0.497 e. The summed E-state index contributed by atoms with van der Waals surface area (Å²) < 4.78 is 25.1. The van der Waals surface area contributed by atoms with E-state index in [1.165, 1.54) is 11.1 Å². The highest BCUT2D eigenvalue weighted by Crippen LogP contribution is 2.34. The monoisotopic (exact) mass is 467 g/mol. The number of hydrogen-bond acceptors (Lipinski definition) is 6. The SMILES string of the molecule is CCOC(=O)[C@@H]1CCCN(CC(=O)N2N=C(c3ccc(OC)cc3)C[C@H]2c2ccccc2F)C1. The van der Waals surface area contributed by atoms with Gasteiger partial charge in [0.25, 0.3) is 5.91 Å². The second kappa shape index (κ2) is 10.8. The number of carbonyl (C=O) groups excluding carboxylic acids is 2. The van der Waals surface area contributed by atoms with Gasteiger partial charge in [0.15, 0.2) is 0 Å². The van der Waals surface area contributed by atoms with Crippen LogP contribution in [0, 0.1) is 11.7 Å². The van der Waals surface area contributed by atoms with Crippen LogP contribution in [0.4, 0.5) is 4.39 Å². The maximum Gasteiger partial charge on any atom is 0.310 e. The fraction of sp³-hybridized carbons (Fsp3) is 0.423. The molecule has 0 saturated carbocycles. The number of amides is 1. The number of esters is 1. The van der Waals surface area contributed by atoms with Crippen molar-refractivity contribution in [3.63, 3.8) is 0 Å². The Bertz CT molecular complexity index is 1060. The molecule has 1 amide bonds. The van der Waals surface area contributed by atoms with E-state index >= 15 is 0 Å². The maximum atomic E-state index is 14.7. The molecule has 0 spiro atoms. The second-order valence-corrected chi connectivity index (χ2v) is 8.58. The topological polar surface area (TPSA) is 71.4 Å². The molecular formula is C26H30FN3O4. The van der Waals surface area contributed by atoms with E-state index in [-0.39, 0.29) is 30.2 Å². The van der Waals surface area contributed by atoms with Crippen LogP contribution in [-0.4, -0.2) is 60.8 Å². The van der Waals surface area contributed by atoms with Gasteiger partial charge in [0, 0.05) is 18.5 Å². The second-order valence-electron chi connectivity index (χ2n) is 8.58. The van der Waals surface area contributed by atoms with Crippen molar-refractivity contribution in [3.05, 3.63) is 65.5 Å². The highest BCUT2D eigenvalue weighted by Gasteiger charge is 2.36. The van der Waals surface area contributed by atoms with Gasteiger partial charge < -0.3 is 9.47 Å². The molecule has 0 N–H and O–H groups in total. The lowest BCUT2D eigenvalue weighted by Crippen LogP contribution is -2.45. The lowest BCUT2D eigenvalue weighted by Gasteiger charge is -2.32. The van der Waals surface area contributed by atoms with Crippen molar-refractivity contribution < 1.29 is 23.5 Å². The van der Waals surface area contributed by atoms with E-state index in [2.05, 4.69) is 5.10 Å². The predicted molar refractivity (Wildman–Crippen MR) is 126 cm³/mol. The zero-order valence-corrected chi connectivity index (χ0v) is 19.6. The van der Waals surface area contributed by atoms with Gasteiger partial charge in [-0.05, 0) is 62.2 Å². The molecule has 2 aromatic rings. The van der Waals surface area contributed by atoms with E-state index in [1.807, 2.05) is 29.2 Å². The quantitative estimate of drug-likeness (QED) is 0.580. The van der Waals surface area contributed by atoms with Gasteiger partial charge in [-0.3, -0.25) is 14.5 Å². The van der Waals surface area contributed by atoms with Gasteiger partial charge in [-0.2, -0.15) is 5.10 Å². The lowest BCUT2D eigenvalue weighted by atomic mass is 9.97. The average Bonchev–Trinajstić information content (AvgIpc) is 3.30. The van der Waals surface area contributed by atoms with Crippen molar-refractivity contribution in [3.8, 4) is 5.75 Å². The molecule has 0 bridgehead atoms. The number of hydrogen-bond donors (Lipinski definition) is 0. The number of nitrogens with zero attached hydrogens (tertiary/aromatic N) is 3. The van der Waals surface area contributed by atoms with Gasteiger partial charge in [-0.25, -0.2) is 9.40 Å².